The third kappa shape index (κ3) is 2.89. The van der Waals surface area contributed by atoms with Gasteiger partial charge in [0.1, 0.15) is 29.1 Å². The van der Waals surface area contributed by atoms with Gasteiger partial charge in [0, 0.05) is 17.7 Å². The van der Waals surface area contributed by atoms with E-state index in [1.807, 2.05) is 0 Å². The van der Waals surface area contributed by atoms with Crippen LogP contribution in [-0.2, 0) is 15.8 Å². The summed E-state index contributed by atoms with van der Waals surface area (Å²) in [6.07, 6.45) is 1.52. The number of aliphatic hydroxyl groups is 1. The lowest BCUT2D eigenvalue weighted by Crippen LogP contribution is -2.41. The number of carbonyl (C=O) groups is 1. The first-order chi connectivity index (χ1) is 13.6. The zero-order valence-electron chi connectivity index (χ0n) is 15.6. The van der Waals surface area contributed by atoms with Gasteiger partial charge in [0.25, 0.3) is 0 Å². The summed E-state index contributed by atoms with van der Waals surface area (Å²) in [5, 5.41) is 10.8. The third-order valence-electron chi connectivity index (χ3n) is 5.91. The number of aromatic nitrogens is 1. The van der Waals surface area contributed by atoms with E-state index in [2.05, 4.69) is 4.98 Å². The van der Waals surface area contributed by atoms with Crippen molar-refractivity contribution >= 4 is 17.5 Å². The van der Waals surface area contributed by atoms with Crippen LogP contribution in [0.4, 0.5) is 8.78 Å². The molecule has 2 heterocycles. The lowest BCUT2D eigenvalue weighted by atomic mass is 9.81. The molecule has 1 aromatic heterocycles. The fourth-order valence-corrected chi connectivity index (χ4v) is 3.89. The maximum atomic E-state index is 14.7. The van der Waals surface area contributed by atoms with E-state index in [0.717, 1.165) is 12.8 Å². The van der Waals surface area contributed by atoms with E-state index in [4.69, 9.17) is 27.8 Å². The molecule has 1 fully saturated rings. The molecule has 154 valence electrons. The molecule has 5 N–H and O–H groups in total. The highest BCUT2D eigenvalue weighted by Crippen LogP contribution is 2.50. The Morgan fingerprint density at radius 3 is 2.69 bits per heavy atom. The average molecular weight is 424 g/mol. The van der Waals surface area contributed by atoms with Crippen LogP contribution in [0.25, 0.3) is 11.3 Å². The van der Waals surface area contributed by atoms with E-state index in [9.17, 15) is 18.7 Å². The predicted octanol–water partition coefficient (Wildman–Crippen LogP) is 2.37. The molecule has 2 atom stereocenters. The molecule has 4 rings (SSSR count). The van der Waals surface area contributed by atoms with Crippen molar-refractivity contribution in [3.8, 4) is 17.0 Å². The molecule has 1 aromatic carbocycles. The Morgan fingerprint density at radius 2 is 2.10 bits per heavy atom. The molecule has 0 bridgehead atoms. The van der Waals surface area contributed by atoms with Crippen molar-refractivity contribution in [2.45, 2.75) is 30.8 Å². The lowest BCUT2D eigenvalue weighted by Gasteiger charge is -2.28. The van der Waals surface area contributed by atoms with Crippen LogP contribution < -0.4 is 16.2 Å². The number of pyridine rings is 1. The average Bonchev–Trinajstić information content (AvgIpc) is 3.50. The van der Waals surface area contributed by atoms with Crippen LogP contribution in [0.5, 0.6) is 5.75 Å². The van der Waals surface area contributed by atoms with Crippen LogP contribution >= 0.6 is 11.6 Å². The number of amides is 1. The maximum absolute atomic E-state index is 14.7. The fraction of sp³-hybridized carbons (Fsp3) is 0.400. The summed E-state index contributed by atoms with van der Waals surface area (Å²) in [4.78, 5) is 16.6. The smallest absolute Gasteiger partial charge is 0.231 e. The zero-order chi connectivity index (χ0) is 21.1. The molecule has 0 spiro atoms. The molecule has 1 saturated carbocycles. The van der Waals surface area contributed by atoms with Crippen LogP contribution in [-0.4, -0.2) is 29.1 Å². The number of hydrogen-bond acceptors (Lipinski definition) is 5. The molecule has 1 aliphatic carbocycles. The summed E-state index contributed by atoms with van der Waals surface area (Å²) in [5.41, 5.74) is 9.05. The summed E-state index contributed by atoms with van der Waals surface area (Å²) in [5.74, 6) is -3.07. The first-order valence-electron chi connectivity index (χ1n) is 9.18. The summed E-state index contributed by atoms with van der Waals surface area (Å²) in [6.45, 7) is 1.39. The first-order valence-corrected chi connectivity index (χ1v) is 9.56. The molecular formula is C20H20ClF2N3O3. The number of nitrogens with two attached hydrogens (primary N) is 2. The fourth-order valence-electron chi connectivity index (χ4n) is 3.74. The quantitative estimate of drug-likeness (QED) is 0.639. The van der Waals surface area contributed by atoms with Crippen molar-refractivity contribution in [3.63, 3.8) is 0 Å². The van der Waals surface area contributed by atoms with Crippen LogP contribution in [0.1, 0.15) is 31.0 Å². The molecule has 6 nitrogen and oxygen atoms in total. The van der Waals surface area contributed by atoms with Gasteiger partial charge in [-0.05, 0) is 43.9 Å². The third-order valence-corrected chi connectivity index (χ3v) is 6.21. The van der Waals surface area contributed by atoms with Gasteiger partial charge in [0.2, 0.25) is 5.91 Å². The maximum Gasteiger partial charge on any atom is 0.231 e. The van der Waals surface area contributed by atoms with Crippen molar-refractivity contribution in [2.24, 2.45) is 17.4 Å². The predicted molar refractivity (Wildman–Crippen MR) is 102 cm³/mol. The number of fused-ring (bicyclic) bond motifs is 1. The largest absolute Gasteiger partial charge is 0.489 e. The minimum Gasteiger partial charge on any atom is -0.489 e. The number of hydrogen-bond donors (Lipinski definition) is 3. The van der Waals surface area contributed by atoms with E-state index < -0.39 is 28.6 Å². The Balaban J connectivity index is 2.02. The number of nitrogens with zero attached hydrogens (tertiary/aromatic N) is 1. The minimum absolute atomic E-state index is 0.0388. The van der Waals surface area contributed by atoms with Crippen molar-refractivity contribution < 1.29 is 23.4 Å². The van der Waals surface area contributed by atoms with E-state index in [0.29, 0.717) is 5.56 Å². The van der Waals surface area contributed by atoms with E-state index in [1.165, 1.54) is 18.2 Å². The summed E-state index contributed by atoms with van der Waals surface area (Å²) in [7, 11) is 0. The number of primary amides is 1. The number of benzene rings is 1. The van der Waals surface area contributed by atoms with E-state index >= 15 is 0 Å². The first kappa shape index (κ1) is 20.0. The molecule has 1 amide bonds. The molecule has 1 aliphatic heterocycles. The van der Waals surface area contributed by atoms with Gasteiger partial charge in [-0.1, -0.05) is 11.6 Å². The minimum atomic E-state index is -1.47. The second-order valence-electron chi connectivity index (χ2n) is 7.84. The van der Waals surface area contributed by atoms with E-state index in [-0.39, 0.29) is 46.8 Å². The van der Waals surface area contributed by atoms with Crippen LogP contribution in [0.15, 0.2) is 18.2 Å². The van der Waals surface area contributed by atoms with Gasteiger partial charge >= 0.3 is 0 Å². The molecule has 9 heteroatoms. The van der Waals surface area contributed by atoms with Gasteiger partial charge in [-0.15, -0.1) is 0 Å². The van der Waals surface area contributed by atoms with Crippen molar-refractivity contribution in [2.75, 3.05) is 13.2 Å². The lowest BCUT2D eigenvalue weighted by molar-refractivity contribution is -0.123. The highest BCUT2D eigenvalue weighted by atomic mass is 35.5. The van der Waals surface area contributed by atoms with Crippen molar-refractivity contribution in [3.05, 3.63) is 46.1 Å². The summed E-state index contributed by atoms with van der Waals surface area (Å²) >= 11 is 5.67. The Morgan fingerprint density at radius 1 is 1.41 bits per heavy atom. The van der Waals surface area contributed by atoms with Crippen molar-refractivity contribution in [1.82, 2.24) is 4.98 Å². The Bertz CT molecular complexity index is 1030. The molecule has 0 radical (unpaired) electrons. The van der Waals surface area contributed by atoms with Gasteiger partial charge in [-0.2, -0.15) is 0 Å². The molecule has 2 aromatic rings. The van der Waals surface area contributed by atoms with Crippen LogP contribution in [0.2, 0.25) is 5.02 Å². The molecule has 29 heavy (non-hydrogen) atoms. The van der Waals surface area contributed by atoms with Gasteiger partial charge < -0.3 is 21.3 Å². The highest BCUT2D eigenvalue weighted by molar-refractivity contribution is 6.30. The summed E-state index contributed by atoms with van der Waals surface area (Å²) < 4.78 is 34.5. The van der Waals surface area contributed by atoms with Gasteiger partial charge in [-0.25, -0.2) is 13.8 Å². The van der Waals surface area contributed by atoms with Crippen molar-refractivity contribution in [1.29, 1.82) is 0 Å². The number of carbonyl (C=O) groups excluding carboxylic acids is 1. The Labute approximate surface area is 170 Å². The number of ether oxygens (including phenoxy) is 1. The zero-order valence-corrected chi connectivity index (χ0v) is 16.4. The normalized spacial score (nSPS) is 22.7. The molecule has 0 saturated heterocycles. The van der Waals surface area contributed by atoms with Gasteiger partial charge in [-0.3, -0.25) is 4.79 Å². The van der Waals surface area contributed by atoms with Gasteiger partial charge in [0.15, 0.2) is 11.6 Å². The highest BCUT2D eigenvalue weighted by Gasteiger charge is 2.49. The van der Waals surface area contributed by atoms with Gasteiger partial charge in [0.05, 0.1) is 10.7 Å². The molecule has 1 unspecified atom stereocenters. The number of rotatable bonds is 5. The van der Waals surface area contributed by atoms with Crippen LogP contribution in [0.3, 0.4) is 0 Å². The summed E-state index contributed by atoms with van der Waals surface area (Å²) in [6, 6.07) is 4.01. The molecule has 2 aliphatic rings. The van der Waals surface area contributed by atoms with Crippen LogP contribution in [0, 0.1) is 17.6 Å². The second kappa shape index (κ2) is 6.62. The number of halogens is 3. The SMILES string of the molecule is C[C@]1(C(N)=O)COc2c1cc(C(O)(CN)C1CC1)nc2-c1ccc(Cl)c(F)c1F. The van der Waals surface area contributed by atoms with E-state index in [1.54, 1.807) is 6.92 Å². The molecular weight excluding hydrogens is 404 g/mol. The Hall–Kier alpha value is -2.29. The topological polar surface area (TPSA) is 111 Å². The Kier molecular flexibility index (Phi) is 4.56. The monoisotopic (exact) mass is 423 g/mol. The standard InChI is InChI=1S/C20H20ClF2N3O3/c1-19(18(25)27)8-29-17-11(19)6-13(20(28,7-24)9-2-3-9)26-16(17)10-4-5-12(21)15(23)14(10)22/h4-6,9,28H,2-3,7-8,24H2,1H3,(H2,25,27)/t19-,20?/m0/s1. The second-order valence-corrected chi connectivity index (χ2v) is 8.25.